The monoisotopic (exact) mass is 489 g/mol. The van der Waals surface area contributed by atoms with Gasteiger partial charge in [0.05, 0.1) is 36.4 Å². The number of ether oxygens (including phenoxy) is 2. The number of thiazole rings is 1. The molecule has 1 N–H and O–H groups in total. The van der Waals surface area contributed by atoms with E-state index < -0.39 is 0 Å². The van der Waals surface area contributed by atoms with E-state index in [1.54, 1.807) is 25.7 Å². The second kappa shape index (κ2) is 10.4. The maximum absolute atomic E-state index is 13.1. The van der Waals surface area contributed by atoms with Crippen LogP contribution in [0.4, 0.5) is 0 Å². The number of benzene rings is 1. The quantitative estimate of drug-likeness (QED) is 0.396. The van der Waals surface area contributed by atoms with Gasteiger partial charge in [0.15, 0.2) is 0 Å². The number of aromatic nitrogens is 4. The molecule has 1 aliphatic heterocycles. The first-order chi connectivity index (χ1) is 17.1. The molecule has 0 radical (unpaired) electrons. The molecular weight excluding hydrogens is 462 g/mol. The lowest BCUT2D eigenvalue weighted by molar-refractivity contribution is 0.0857. The summed E-state index contributed by atoms with van der Waals surface area (Å²) in [5, 5.41) is 5.84. The predicted molar refractivity (Wildman–Crippen MR) is 135 cm³/mol. The Kier molecular flexibility index (Phi) is 6.87. The average Bonchev–Trinajstić information content (AvgIpc) is 3.65. The summed E-state index contributed by atoms with van der Waals surface area (Å²) in [6.45, 7) is 3.86. The third kappa shape index (κ3) is 5.11. The van der Waals surface area contributed by atoms with Gasteiger partial charge in [0.1, 0.15) is 16.5 Å². The molecule has 0 aliphatic carbocycles. The van der Waals surface area contributed by atoms with Gasteiger partial charge >= 0.3 is 0 Å². The number of nitrogens with zero attached hydrogens (tertiary/aromatic N) is 4. The molecule has 1 fully saturated rings. The first kappa shape index (κ1) is 23.2. The summed E-state index contributed by atoms with van der Waals surface area (Å²) in [5.74, 6) is 0.706. The molecule has 1 amide bonds. The Labute approximate surface area is 208 Å². The van der Waals surface area contributed by atoms with Crippen LogP contribution in [0, 0.1) is 6.92 Å². The molecule has 1 atom stereocenters. The first-order valence-corrected chi connectivity index (χ1v) is 12.5. The molecule has 1 aliphatic rings. The number of rotatable bonds is 8. The lowest BCUT2D eigenvalue weighted by Crippen LogP contribution is -2.32. The summed E-state index contributed by atoms with van der Waals surface area (Å²) in [7, 11) is 1.65. The highest BCUT2D eigenvalue weighted by Crippen LogP contribution is 2.31. The number of hydrogen-bond donors (Lipinski definition) is 1. The van der Waals surface area contributed by atoms with Crippen LogP contribution in [0.1, 0.15) is 34.5 Å². The Bertz CT molecular complexity index is 1290. The fourth-order valence-electron chi connectivity index (χ4n) is 4.23. The van der Waals surface area contributed by atoms with Gasteiger partial charge < -0.3 is 19.4 Å². The van der Waals surface area contributed by atoms with Crippen LogP contribution >= 0.6 is 11.3 Å². The van der Waals surface area contributed by atoms with E-state index in [0.717, 1.165) is 58.5 Å². The van der Waals surface area contributed by atoms with Crippen LogP contribution in [0.25, 0.3) is 22.1 Å². The summed E-state index contributed by atoms with van der Waals surface area (Å²) in [6.07, 6.45) is 7.11. The van der Waals surface area contributed by atoms with Crippen molar-refractivity contribution in [3.05, 3.63) is 71.1 Å². The number of amides is 1. The summed E-state index contributed by atoms with van der Waals surface area (Å²) in [4.78, 5) is 26.5. The third-order valence-corrected chi connectivity index (χ3v) is 7.04. The normalized spacial score (nSPS) is 15.3. The summed E-state index contributed by atoms with van der Waals surface area (Å²) >= 11 is 1.51. The number of nitrogens with one attached hydrogen (secondary N) is 1. The molecule has 1 saturated heterocycles. The molecule has 4 aromatic rings. The maximum atomic E-state index is 13.1. The second-order valence-electron chi connectivity index (χ2n) is 8.44. The zero-order valence-electron chi connectivity index (χ0n) is 19.7. The van der Waals surface area contributed by atoms with Gasteiger partial charge in [-0.3, -0.25) is 14.8 Å². The van der Waals surface area contributed by atoms with E-state index in [0.29, 0.717) is 18.7 Å². The fraction of sp³-hybridized carbons (Fsp3) is 0.308. The van der Waals surface area contributed by atoms with E-state index in [-0.39, 0.29) is 12.0 Å². The average molecular weight is 490 g/mol. The molecule has 0 saturated carbocycles. The van der Waals surface area contributed by atoms with E-state index in [1.165, 1.54) is 11.3 Å². The van der Waals surface area contributed by atoms with Crippen molar-refractivity contribution in [1.82, 2.24) is 24.8 Å². The molecule has 35 heavy (non-hydrogen) atoms. The first-order valence-electron chi connectivity index (χ1n) is 11.6. The number of carbonyl (C=O) groups is 1. The van der Waals surface area contributed by atoms with Crippen molar-refractivity contribution >= 4 is 17.2 Å². The van der Waals surface area contributed by atoms with Crippen molar-refractivity contribution in [2.24, 2.45) is 0 Å². The largest absolute Gasteiger partial charge is 0.497 e. The molecule has 8 nitrogen and oxygen atoms in total. The summed E-state index contributed by atoms with van der Waals surface area (Å²) < 4.78 is 13.1. The van der Waals surface area contributed by atoms with Gasteiger partial charge in [-0.15, -0.1) is 11.3 Å². The fourth-order valence-corrected chi connectivity index (χ4v) is 5.00. The molecule has 9 heteroatoms. The number of hydrogen-bond acceptors (Lipinski definition) is 7. The Morgan fingerprint density at radius 3 is 2.83 bits per heavy atom. The Hall–Kier alpha value is -3.56. The van der Waals surface area contributed by atoms with Crippen molar-refractivity contribution in [1.29, 1.82) is 0 Å². The molecule has 4 heterocycles. The van der Waals surface area contributed by atoms with E-state index >= 15 is 0 Å². The molecule has 1 unspecified atom stereocenters. The minimum atomic E-state index is -0.0999. The van der Waals surface area contributed by atoms with Crippen LogP contribution < -0.4 is 10.1 Å². The van der Waals surface area contributed by atoms with Crippen molar-refractivity contribution in [2.45, 2.75) is 32.4 Å². The second-order valence-corrected chi connectivity index (χ2v) is 9.29. The van der Waals surface area contributed by atoms with Gasteiger partial charge in [0.25, 0.3) is 5.91 Å². The highest BCUT2D eigenvalue weighted by Gasteiger charge is 2.22. The predicted octanol–water partition coefficient (Wildman–Crippen LogP) is 4.34. The molecule has 180 valence electrons. The van der Waals surface area contributed by atoms with E-state index in [9.17, 15) is 4.79 Å². The zero-order chi connectivity index (χ0) is 24.2. The smallest absolute Gasteiger partial charge is 0.253 e. The highest BCUT2D eigenvalue weighted by molar-refractivity contribution is 7.13. The lowest BCUT2D eigenvalue weighted by Gasteiger charge is -2.13. The molecular formula is C26H27N5O3S. The van der Waals surface area contributed by atoms with Crippen molar-refractivity contribution in [3.63, 3.8) is 0 Å². The van der Waals surface area contributed by atoms with Gasteiger partial charge in [-0.1, -0.05) is 12.1 Å². The van der Waals surface area contributed by atoms with Crippen LogP contribution in [-0.2, 0) is 11.3 Å². The van der Waals surface area contributed by atoms with Crippen LogP contribution in [0.3, 0.4) is 0 Å². The summed E-state index contributed by atoms with van der Waals surface area (Å²) in [6, 6.07) is 9.88. The molecule has 1 aromatic carbocycles. The van der Waals surface area contributed by atoms with Crippen LogP contribution in [0.15, 0.2) is 54.3 Å². The SMILES string of the molecule is COc1ccc(Cn2c(-c3csc(-c4cnccn4)n3)cc(C(=O)NCC3CCCO3)c2C)cc1. The number of carbonyl (C=O) groups excluding carboxylic acids is 1. The van der Waals surface area contributed by atoms with E-state index in [2.05, 4.69) is 19.9 Å². The summed E-state index contributed by atoms with van der Waals surface area (Å²) in [5.41, 5.74) is 5.03. The highest BCUT2D eigenvalue weighted by atomic mass is 32.1. The molecule has 5 rings (SSSR count). The van der Waals surface area contributed by atoms with Gasteiger partial charge in [0, 0.05) is 43.2 Å². The van der Waals surface area contributed by atoms with Crippen molar-refractivity contribution < 1.29 is 14.3 Å². The Morgan fingerprint density at radius 2 is 2.11 bits per heavy atom. The van der Waals surface area contributed by atoms with E-state index in [1.807, 2.05) is 42.6 Å². The minimum Gasteiger partial charge on any atom is -0.497 e. The van der Waals surface area contributed by atoms with Crippen molar-refractivity contribution in [2.75, 3.05) is 20.3 Å². The Balaban J connectivity index is 1.47. The molecule has 0 bridgehead atoms. The maximum Gasteiger partial charge on any atom is 0.253 e. The molecule has 0 spiro atoms. The zero-order valence-corrected chi connectivity index (χ0v) is 20.5. The van der Waals surface area contributed by atoms with Gasteiger partial charge in [-0.05, 0) is 43.5 Å². The third-order valence-electron chi connectivity index (χ3n) is 6.17. The van der Waals surface area contributed by atoms with Crippen molar-refractivity contribution in [3.8, 4) is 27.8 Å². The number of methoxy groups -OCH3 is 1. The van der Waals surface area contributed by atoms with Crippen LogP contribution in [-0.4, -0.2) is 51.8 Å². The lowest BCUT2D eigenvalue weighted by atomic mass is 10.2. The van der Waals surface area contributed by atoms with Crippen LogP contribution in [0.2, 0.25) is 0 Å². The van der Waals surface area contributed by atoms with Gasteiger partial charge in [-0.25, -0.2) is 4.98 Å². The van der Waals surface area contributed by atoms with Gasteiger partial charge in [-0.2, -0.15) is 0 Å². The minimum absolute atomic E-state index is 0.0909. The topological polar surface area (TPSA) is 91.2 Å². The Morgan fingerprint density at radius 1 is 1.26 bits per heavy atom. The molecule has 3 aromatic heterocycles. The van der Waals surface area contributed by atoms with Crippen LogP contribution in [0.5, 0.6) is 5.75 Å². The van der Waals surface area contributed by atoms with E-state index in [4.69, 9.17) is 14.5 Å². The standard InChI is InChI=1S/C26H27N5O3S/c1-17-21(25(32)29-13-20-4-3-11-34-20)12-24(31(17)15-18-5-7-19(33-2)8-6-18)23-16-35-26(30-23)22-14-27-9-10-28-22/h5-10,12,14,16,20H,3-4,11,13,15H2,1-2H3,(H,29,32). The van der Waals surface area contributed by atoms with Gasteiger partial charge in [0.2, 0.25) is 0 Å².